The molecule has 41 heavy (non-hydrogen) atoms. The van der Waals surface area contributed by atoms with E-state index >= 15 is 0 Å². The molecule has 0 aliphatic carbocycles. The van der Waals surface area contributed by atoms with Gasteiger partial charge in [0.2, 0.25) is 0 Å². The summed E-state index contributed by atoms with van der Waals surface area (Å²) in [5.41, 5.74) is 3.32. The monoisotopic (exact) mass is 564 g/mol. The number of hydrogen-bond donors (Lipinski definition) is 2. The van der Waals surface area contributed by atoms with E-state index in [1.807, 2.05) is 36.4 Å². The van der Waals surface area contributed by atoms with E-state index in [1.165, 1.54) is 23.7 Å². The standard InChI is InChI=1S/C33H22F2N2O3S/c34-25-11-12-28(35)26(17-25)24-15-27(32(38)36-18-19-5-9-22(10-6-19)33(39)40)31-29(37-41-30(31)16-24)14-20-7-8-21-3-1-2-4-23(21)13-20/h1-13,15-17H,14,18H2,(H,36,38)(H,39,40). The number of carbonyl (C=O) groups is 2. The molecule has 1 amide bonds. The Morgan fingerprint density at radius 1 is 0.829 bits per heavy atom. The summed E-state index contributed by atoms with van der Waals surface area (Å²) in [6, 6.07) is 27.0. The molecule has 0 atom stereocenters. The third-order valence-corrected chi connectivity index (χ3v) is 7.80. The van der Waals surface area contributed by atoms with E-state index in [2.05, 4.69) is 15.8 Å². The second-order valence-corrected chi connectivity index (χ2v) is 10.5. The molecule has 6 aromatic rings. The number of hydrogen-bond acceptors (Lipinski definition) is 4. The third kappa shape index (κ3) is 5.42. The van der Waals surface area contributed by atoms with Gasteiger partial charge in [0, 0.05) is 23.9 Å². The first-order valence-corrected chi connectivity index (χ1v) is 13.6. The highest BCUT2D eigenvalue weighted by Gasteiger charge is 2.20. The lowest BCUT2D eigenvalue weighted by atomic mass is 9.96. The first kappa shape index (κ1) is 26.3. The number of benzene rings is 5. The number of halogens is 2. The van der Waals surface area contributed by atoms with Gasteiger partial charge in [0.1, 0.15) is 11.6 Å². The van der Waals surface area contributed by atoms with Crippen LogP contribution in [0, 0.1) is 11.6 Å². The molecule has 1 heterocycles. The molecule has 0 bridgehead atoms. The second kappa shape index (κ2) is 10.9. The van der Waals surface area contributed by atoms with Crippen LogP contribution in [0.25, 0.3) is 32.0 Å². The van der Waals surface area contributed by atoms with Crippen molar-refractivity contribution in [1.82, 2.24) is 9.69 Å². The van der Waals surface area contributed by atoms with E-state index < -0.39 is 23.5 Å². The molecule has 5 nitrogen and oxygen atoms in total. The van der Waals surface area contributed by atoms with Gasteiger partial charge in [-0.3, -0.25) is 4.79 Å². The number of carbonyl (C=O) groups excluding carboxylic acids is 1. The Labute approximate surface area is 237 Å². The Morgan fingerprint density at radius 2 is 1.59 bits per heavy atom. The minimum Gasteiger partial charge on any atom is -0.478 e. The summed E-state index contributed by atoms with van der Waals surface area (Å²) in [4.78, 5) is 24.8. The molecular formula is C33H22F2N2O3S. The Morgan fingerprint density at radius 3 is 2.37 bits per heavy atom. The predicted octanol–water partition coefficient (Wildman–Crippen LogP) is 7.61. The van der Waals surface area contributed by atoms with Gasteiger partial charge in [0.05, 0.1) is 21.5 Å². The quantitative estimate of drug-likeness (QED) is 0.209. The maximum atomic E-state index is 14.7. The smallest absolute Gasteiger partial charge is 0.335 e. The van der Waals surface area contributed by atoms with Crippen LogP contribution in [0.2, 0.25) is 0 Å². The number of fused-ring (bicyclic) bond motifs is 2. The molecule has 0 fully saturated rings. The fourth-order valence-corrected chi connectivity index (χ4v) is 5.76. The topological polar surface area (TPSA) is 79.3 Å². The average Bonchev–Trinajstić information content (AvgIpc) is 3.39. The number of amides is 1. The van der Waals surface area contributed by atoms with Gasteiger partial charge in [-0.25, -0.2) is 13.6 Å². The second-order valence-electron chi connectivity index (χ2n) is 9.69. The van der Waals surface area contributed by atoms with Gasteiger partial charge in [-0.15, -0.1) is 0 Å². The molecule has 0 saturated carbocycles. The van der Waals surface area contributed by atoms with Crippen LogP contribution in [-0.2, 0) is 13.0 Å². The zero-order chi connectivity index (χ0) is 28.5. The van der Waals surface area contributed by atoms with Crippen molar-refractivity contribution < 1.29 is 23.5 Å². The molecule has 5 aromatic carbocycles. The zero-order valence-corrected chi connectivity index (χ0v) is 22.3. The lowest BCUT2D eigenvalue weighted by Gasteiger charge is -2.12. The molecule has 1 aromatic heterocycles. The summed E-state index contributed by atoms with van der Waals surface area (Å²) in [7, 11) is 0. The number of aromatic carboxylic acids is 1. The van der Waals surface area contributed by atoms with Gasteiger partial charge >= 0.3 is 5.97 Å². The summed E-state index contributed by atoms with van der Waals surface area (Å²) < 4.78 is 34.2. The Bertz CT molecular complexity index is 1950. The van der Waals surface area contributed by atoms with Crippen molar-refractivity contribution in [3.63, 3.8) is 0 Å². The van der Waals surface area contributed by atoms with E-state index in [9.17, 15) is 18.4 Å². The van der Waals surface area contributed by atoms with Crippen molar-refractivity contribution >= 4 is 44.3 Å². The molecule has 0 saturated heterocycles. The zero-order valence-electron chi connectivity index (χ0n) is 21.5. The molecule has 0 unspecified atom stereocenters. The van der Waals surface area contributed by atoms with Crippen LogP contribution in [0.15, 0.2) is 97.1 Å². The number of nitrogens with zero attached hydrogens (tertiary/aromatic N) is 1. The molecule has 0 radical (unpaired) electrons. The van der Waals surface area contributed by atoms with Gasteiger partial charge in [0.15, 0.2) is 0 Å². The van der Waals surface area contributed by atoms with Gasteiger partial charge in [0.25, 0.3) is 5.91 Å². The Kier molecular flexibility index (Phi) is 6.99. The van der Waals surface area contributed by atoms with Crippen LogP contribution in [0.1, 0.15) is 37.5 Å². The summed E-state index contributed by atoms with van der Waals surface area (Å²) in [6.07, 6.45) is 0.482. The lowest BCUT2D eigenvalue weighted by molar-refractivity contribution is 0.0696. The summed E-state index contributed by atoms with van der Waals surface area (Å²) in [5, 5.41) is 14.9. The van der Waals surface area contributed by atoms with Crippen LogP contribution >= 0.6 is 11.5 Å². The minimum atomic E-state index is -1.03. The summed E-state index contributed by atoms with van der Waals surface area (Å²) in [5.74, 6) is -2.63. The number of carboxylic acid groups (broad SMARTS) is 1. The van der Waals surface area contributed by atoms with Crippen molar-refractivity contribution in [3.8, 4) is 11.1 Å². The molecule has 0 aliphatic heterocycles. The van der Waals surface area contributed by atoms with Crippen LogP contribution < -0.4 is 5.32 Å². The molecule has 0 aliphatic rings. The van der Waals surface area contributed by atoms with Crippen molar-refractivity contribution in [3.05, 3.63) is 137 Å². The number of aromatic nitrogens is 1. The van der Waals surface area contributed by atoms with Crippen molar-refractivity contribution in [2.45, 2.75) is 13.0 Å². The van der Waals surface area contributed by atoms with Crippen LogP contribution in [0.3, 0.4) is 0 Å². The fraction of sp³-hybridized carbons (Fsp3) is 0.0606. The van der Waals surface area contributed by atoms with E-state index in [1.54, 1.807) is 24.3 Å². The predicted molar refractivity (Wildman–Crippen MR) is 156 cm³/mol. The Hall–Kier alpha value is -4.95. The van der Waals surface area contributed by atoms with E-state index in [4.69, 9.17) is 5.11 Å². The van der Waals surface area contributed by atoms with Crippen molar-refractivity contribution in [2.24, 2.45) is 0 Å². The third-order valence-electron chi connectivity index (χ3n) is 6.97. The van der Waals surface area contributed by atoms with Gasteiger partial charge < -0.3 is 10.4 Å². The summed E-state index contributed by atoms with van der Waals surface area (Å²) >= 11 is 1.20. The molecule has 0 spiro atoms. The number of carboxylic acids is 1. The van der Waals surface area contributed by atoms with Crippen LogP contribution in [-0.4, -0.2) is 21.4 Å². The van der Waals surface area contributed by atoms with Crippen molar-refractivity contribution in [1.29, 1.82) is 0 Å². The fourth-order valence-electron chi connectivity index (χ4n) is 4.89. The van der Waals surface area contributed by atoms with Crippen LogP contribution in [0.4, 0.5) is 8.78 Å². The van der Waals surface area contributed by atoms with E-state index in [-0.39, 0.29) is 17.7 Å². The van der Waals surface area contributed by atoms with E-state index in [0.717, 1.165) is 34.5 Å². The maximum absolute atomic E-state index is 14.7. The molecule has 6 rings (SSSR count). The highest BCUT2D eigenvalue weighted by Crippen LogP contribution is 2.35. The molecule has 2 N–H and O–H groups in total. The number of rotatable bonds is 7. The average molecular weight is 565 g/mol. The highest BCUT2D eigenvalue weighted by molar-refractivity contribution is 7.13. The normalized spacial score (nSPS) is 11.2. The minimum absolute atomic E-state index is 0.0506. The first-order valence-electron chi connectivity index (χ1n) is 12.8. The van der Waals surface area contributed by atoms with Gasteiger partial charge in [-0.05, 0) is 81.5 Å². The van der Waals surface area contributed by atoms with Crippen molar-refractivity contribution in [2.75, 3.05) is 0 Å². The first-order chi connectivity index (χ1) is 19.9. The lowest BCUT2D eigenvalue weighted by Crippen LogP contribution is -2.23. The Balaban J connectivity index is 1.40. The summed E-state index contributed by atoms with van der Waals surface area (Å²) in [6.45, 7) is 0.149. The largest absolute Gasteiger partial charge is 0.478 e. The molecule has 202 valence electrons. The number of nitrogens with one attached hydrogen (secondary N) is 1. The van der Waals surface area contributed by atoms with Gasteiger partial charge in [-0.1, -0.05) is 54.6 Å². The molecular weight excluding hydrogens is 542 g/mol. The SMILES string of the molecule is O=C(O)c1ccc(CNC(=O)c2cc(-c3cc(F)ccc3F)cc3snc(Cc4ccc5ccccc5c4)c23)cc1. The van der Waals surface area contributed by atoms with Gasteiger partial charge in [-0.2, -0.15) is 4.37 Å². The van der Waals surface area contributed by atoms with E-state index in [0.29, 0.717) is 38.9 Å². The highest BCUT2D eigenvalue weighted by atomic mass is 32.1. The molecule has 8 heteroatoms. The maximum Gasteiger partial charge on any atom is 0.335 e. The van der Waals surface area contributed by atoms with Crippen LogP contribution in [0.5, 0.6) is 0 Å².